The van der Waals surface area contributed by atoms with E-state index < -0.39 is 5.97 Å². The summed E-state index contributed by atoms with van der Waals surface area (Å²) in [7, 11) is 0. The first-order valence-corrected chi connectivity index (χ1v) is 8.86. The Hall–Kier alpha value is -3.60. The first-order chi connectivity index (χ1) is 13.7. The van der Waals surface area contributed by atoms with Crippen LogP contribution in [0.15, 0.2) is 77.7 Å². The molecule has 0 radical (unpaired) electrons. The molecular weight excluding hydrogens is 354 g/mol. The Labute approximate surface area is 163 Å². The number of benzene rings is 2. The van der Waals surface area contributed by atoms with Crippen LogP contribution in [0.1, 0.15) is 17.0 Å². The number of esters is 1. The Bertz CT molecular complexity index is 956. The SMILES string of the molecule is C=CCOc1ccc(/C=C/C(=O)OCc2nc(-c3ccccc3)oc2C)cc1. The molecular formula is C23H21NO4. The van der Waals surface area contributed by atoms with Crippen molar-refractivity contribution in [3.05, 3.63) is 90.3 Å². The average Bonchev–Trinajstić information content (AvgIpc) is 3.11. The van der Waals surface area contributed by atoms with E-state index in [1.54, 1.807) is 19.1 Å². The summed E-state index contributed by atoms with van der Waals surface area (Å²) in [6, 6.07) is 17.0. The maximum absolute atomic E-state index is 12.0. The summed E-state index contributed by atoms with van der Waals surface area (Å²) >= 11 is 0. The second-order valence-electron chi connectivity index (χ2n) is 6.00. The van der Waals surface area contributed by atoms with Crippen LogP contribution in [0, 0.1) is 6.92 Å². The molecule has 1 aromatic heterocycles. The van der Waals surface area contributed by atoms with Crippen LogP contribution in [0.4, 0.5) is 0 Å². The molecule has 0 aliphatic carbocycles. The summed E-state index contributed by atoms with van der Waals surface area (Å²) in [5.74, 6) is 1.44. The molecule has 5 nitrogen and oxygen atoms in total. The molecule has 28 heavy (non-hydrogen) atoms. The minimum Gasteiger partial charge on any atom is -0.490 e. The lowest BCUT2D eigenvalue weighted by atomic mass is 10.2. The first-order valence-electron chi connectivity index (χ1n) is 8.86. The summed E-state index contributed by atoms with van der Waals surface area (Å²) < 4.78 is 16.4. The molecule has 0 fully saturated rings. The predicted molar refractivity (Wildman–Crippen MR) is 108 cm³/mol. The van der Waals surface area contributed by atoms with Gasteiger partial charge in [0.1, 0.15) is 30.4 Å². The number of carbonyl (C=O) groups excluding carboxylic acids is 1. The van der Waals surface area contributed by atoms with Gasteiger partial charge in [0.05, 0.1) is 0 Å². The fourth-order valence-electron chi connectivity index (χ4n) is 2.45. The smallest absolute Gasteiger partial charge is 0.331 e. The van der Waals surface area contributed by atoms with E-state index in [1.807, 2.05) is 54.6 Å². The van der Waals surface area contributed by atoms with E-state index in [0.717, 1.165) is 16.9 Å². The van der Waals surface area contributed by atoms with E-state index in [2.05, 4.69) is 11.6 Å². The number of carbonyl (C=O) groups is 1. The second kappa shape index (κ2) is 9.37. The Morgan fingerprint density at radius 3 is 2.61 bits per heavy atom. The van der Waals surface area contributed by atoms with Gasteiger partial charge in [-0.1, -0.05) is 43.0 Å². The van der Waals surface area contributed by atoms with Gasteiger partial charge >= 0.3 is 5.97 Å². The number of hydrogen-bond donors (Lipinski definition) is 0. The average molecular weight is 375 g/mol. The molecule has 0 saturated heterocycles. The Morgan fingerprint density at radius 2 is 1.89 bits per heavy atom. The van der Waals surface area contributed by atoms with Crippen molar-refractivity contribution >= 4 is 12.0 Å². The molecule has 1 heterocycles. The Balaban J connectivity index is 1.55. The number of rotatable bonds is 8. The number of oxazole rings is 1. The molecule has 0 unspecified atom stereocenters. The monoisotopic (exact) mass is 375 g/mol. The standard InChI is InChI=1S/C23H21NO4/c1-3-15-26-20-12-9-18(10-13-20)11-14-22(25)27-16-21-17(2)28-23(24-21)19-7-5-4-6-8-19/h3-14H,1,15-16H2,2H3/b14-11+. The van der Waals surface area contributed by atoms with Gasteiger partial charge in [0.25, 0.3) is 0 Å². The lowest BCUT2D eigenvalue weighted by molar-refractivity contribution is -0.139. The molecule has 0 amide bonds. The van der Waals surface area contributed by atoms with Crippen LogP contribution in [-0.2, 0) is 16.1 Å². The molecule has 0 spiro atoms. The third-order valence-electron chi connectivity index (χ3n) is 3.92. The van der Waals surface area contributed by atoms with Crippen LogP contribution < -0.4 is 4.74 Å². The highest BCUT2D eigenvalue weighted by Gasteiger charge is 2.12. The summed E-state index contributed by atoms with van der Waals surface area (Å²) in [6.07, 6.45) is 4.75. The van der Waals surface area contributed by atoms with Crippen molar-refractivity contribution in [2.45, 2.75) is 13.5 Å². The van der Waals surface area contributed by atoms with Crippen molar-refractivity contribution in [1.29, 1.82) is 0 Å². The van der Waals surface area contributed by atoms with Crippen LogP contribution in [-0.4, -0.2) is 17.6 Å². The Kier molecular flexibility index (Phi) is 6.41. The zero-order valence-corrected chi connectivity index (χ0v) is 15.6. The molecule has 0 bridgehead atoms. The van der Waals surface area contributed by atoms with Crippen LogP contribution in [0.2, 0.25) is 0 Å². The van der Waals surface area contributed by atoms with Gasteiger partial charge in [-0.2, -0.15) is 0 Å². The number of aromatic nitrogens is 1. The van der Waals surface area contributed by atoms with Crippen molar-refractivity contribution < 1.29 is 18.7 Å². The van der Waals surface area contributed by atoms with Gasteiger partial charge in [-0.25, -0.2) is 9.78 Å². The lowest BCUT2D eigenvalue weighted by Gasteiger charge is -2.03. The van der Waals surface area contributed by atoms with Crippen molar-refractivity contribution in [1.82, 2.24) is 4.98 Å². The number of hydrogen-bond acceptors (Lipinski definition) is 5. The third kappa shape index (κ3) is 5.20. The highest BCUT2D eigenvalue weighted by atomic mass is 16.5. The van der Waals surface area contributed by atoms with Gasteiger partial charge in [-0.05, 0) is 42.8 Å². The minimum atomic E-state index is -0.448. The molecule has 5 heteroatoms. The summed E-state index contributed by atoms with van der Waals surface area (Å²) in [5.41, 5.74) is 2.35. The largest absolute Gasteiger partial charge is 0.490 e. The van der Waals surface area contributed by atoms with Gasteiger partial charge < -0.3 is 13.9 Å². The zero-order valence-electron chi connectivity index (χ0n) is 15.6. The van der Waals surface area contributed by atoms with Crippen LogP contribution in [0.5, 0.6) is 5.75 Å². The molecule has 0 saturated carbocycles. The van der Waals surface area contributed by atoms with E-state index >= 15 is 0 Å². The molecule has 142 valence electrons. The van der Waals surface area contributed by atoms with E-state index in [0.29, 0.717) is 24.0 Å². The highest BCUT2D eigenvalue weighted by Crippen LogP contribution is 2.21. The predicted octanol–water partition coefficient (Wildman–Crippen LogP) is 4.97. The molecule has 0 aliphatic heterocycles. The topological polar surface area (TPSA) is 61.6 Å². The third-order valence-corrected chi connectivity index (χ3v) is 3.92. The number of aryl methyl sites for hydroxylation is 1. The van der Waals surface area contributed by atoms with Crippen molar-refractivity contribution in [3.8, 4) is 17.2 Å². The van der Waals surface area contributed by atoms with E-state index in [1.165, 1.54) is 6.08 Å². The van der Waals surface area contributed by atoms with Crippen LogP contribution in [0.25, 0.3) is 17.5 Å². The molecule has 0 aliphatic rings. The number of nitrogens with zero attached hydrogens (tertiary/aromatic N) is 1. The molecule has 0 atom stereocenters. The van der Waals surface area contributed by atoms with Crippen LogP contribution >= 0.6 is 0 Å². The summed E-state index contributed by atoms with van der Waals surface area (Å²) in [4.78, 5) is 16.4. The molecule has 2 aromatic carbocycles. The maximum Gasteiger partial charge on any atom is 0.331 e. The highest BCUT2D eigenvalue weighted by molar-refractivity contribution is 5.87. The zero-order chi connectivity index (χ0) is 19.8. The van der Waals surface area contributed by atoms with E-state index in [-0.39, 0.29) is 6.61 Å². The van der Waals surface area contributed by atoms with Gasteiger partial charge in [-0.3, -0.25) is 0 Å². The number of ether oxygens (including phenoxy) is 2. The van der Waals surface area contributed by atoms with Crippen LogP contribution in [0.3, 0.4) is 0 Å². The van der Waals surface area contributed by atoms with Crippen molar-refractivity contribution in [2.24, 2.45) is 0 Å². The van der Waals surface area contributed by atoms with Gasteiger partial charge in [-0.15, -0.1) is 0 Å². The van der Waals surface area contributed by atoms with Crippen molar-refractivity contribution in [2.75, 3.05) is 6.61 Å². The van der Waals surface area contributed by atoms with E-state index in [9.17, 15) is 4.79 Å². The summed E-state index contributed by atoms with van der Waals surface area (Å²) in [6.45, 7) is 5.91. The molecule has 3 aromatic rings. The first kappa shape index (κ1) is 19.2. The fraction of sp³-hybridized carbons (Fsp3) is 0.130. The van der Waals surface area contributed by atoms with Gasteiger partial charge in [0.2, 0.25) is 5.89 Å². The molecule has 0 N–H and O–H groups in total. The molecule has 3 rings (SSSR count). The second-order valence-corrected chi connectivity index (χ2v) is 6.00. The quantitative estimate of drug-likeness (QED) is 0.316. The van der Waals surface area contributed by atoms with Crippen molar-refractivity contribution in [3.63, 3.8) is 0 Å². The van der Waals surface area contributed by atoms with E-state index in [4.69, 9.17) is 13.9 Å². The maximum atomic E-state index is 12.0. The minimum absolute atomic E-state index is 0.0552. The fourth-order valence-corrected chi connectivity index (χ4v) is 2.45. The van der Waals surface area contributed by atoms with Gasteiger partial charge in [0, 0.05) is 11.6 Å². The lowest BCUT2D eigenvalue weighted by Crippen LogP contribution is -2.02. The normalized spacial score (nSPS) is 10.8. The van der Waals surface area contributed by atoms with Gasteiger partial charge in [0.15, 0.2) is 0 Å². The Morgan fingerprint density at radius 1 is 1.14 bits per heavy atom. The summed E-state index contributed by atoms with van der Waals surface area (Å²) in [5, 5.41) is 0.